The third-order valence-corrected chi connectivity index (χ3v) is 4.12. The first-order valence-corrected chi connectivity index (χ1v) is 7.37. The van der Waals surface area contributed by atoms with Gasteiger partial charge in [0.2, 0.25) is 5.78 Å². The van der Waals surface area contributed by atoms with E-state index in [0.717, 1.165) is 6.42 Å². The van der Waals surface area contributed by atoms with Crippen LogP contribution in [0.2, 0.25) is 8.67 Å². The predicted molar refractivity (Wildman–Crippen MR) is 80.0 cm³/mol. The van der Waals surface area contributed by atoms with Gasteiger partial charge < -0.3 is 4.74 Å². The van der Waals surface area contributed by atoms with Gasteiger partial charge in [0, 0.05) is 0 Å². The maximum atomic E-state index is 11.9. The highest BCUT2D eigenvalue weighted by Crippen LogP contribution is 2.31. The van der Waals surface area contributed by atoms with E-state index in [1.54, 1.807) is 6.07 Å². The number of benzene rings is 1. The fraction of sp³-hybridized carbons (Fsp3) is 0.214. The Morgan fingerprint density at radius 2 is 2.11 bits per heavy atom. The van der Waals surface area contributed by atoms with Crippen molar-refractivity contribution in [1.29, 1.82) is 0 Å². The molecule has 0 aliphatic heterocycles. The van der Waals surface area contributed by atoms with Gasteiger partial charge in [-0.1, -0.05) is 42.3 Å². The van der Waals surface area contributed by atoms with Crippen LogP contribution in [0.25, 0.3) is 0 Å². The molecule has 0 aliphatic carbocycles. The molecule has 0 fully saturated rings. The molecule has 2 aromatic rings. The molecule has 0 spiro atoms. The van der Waals surface area contributed by atoms with Crippen LogP contribution in [0.3, 0.4) is 0 Å². The highest BCUT2D eigenvalue weighted by molar-refractivity contribution is 7.20. The first kappa shape index (κ1) is 14.4. The quantitative estimate of drug-likeness (QED) is 0.735. The van der Waals surface area contributed by atoms with Gasteiger partial charge in [-0.3, -0.25) is 4.79 Å². The third-order valence-electron chi connectivity index (χ3n) is 2.63. The average Bonchev–Trinajstić information content (AvgIpc) is 2.75. The number of carbonyl (C=O) groups excluding carboxylic acids is 1. The second kappa shape index (κ2) is 6.42. The topological polar surface area (TPSA) is 26.3 Å². The van der Waals surface area contributed by atoms with E-state index in [2.05, 4.69) is 6.92 Å². The van der Waals surface area contributed by atoms with Gasteiger partial charge >= 0.3 is 0 Å². The maximum Gasteiger partial charge on any atom is 0.202 e. The average molecular weight is 315 g/mol. The van der Waals surface area contributed by atoms with Crippen molar-refractivity contribution in [2.45, 2.75) is 13.3 Å². The fourth-order valence-corrected chi connectivity index (χ4v) is 3.11. The van der Waals surface area contributed by atoms with E-state index in [4.69, 9.17) is 27.9 Å². The van der Waals surface area contributed by atoms with E-state index in [1.807, 2.05) is 24.3 Å². The van der Waals surface area contributed by atoms with Crippen molar-refractivity contribution in [2.75, 3.05) is 6.61 Å². The largest absolute Gasteiger partial charge is 0.485 e. The number of ether oxygens (including phenoxy) is 1. The molecule has 19 heavy (non-hydrogen) atoms. The minimum absolute atomic E-state index is 0.0417. The van der Waals surface area contributed by atoms with E-state index >= 15 is 0 Å². The summed E-state index contributed by atoms with van der Waals surface area (Å²) in [6, 6.07) is 9.25. The molecule has 100 valence electrons. The molecule has 2 rings (SSSR count). The summed E-state index contributed by atoms with van der Waals surface area (Å²) in [5.74, 6) is 0.514. The van der Waals surface area contributed by atoms with Gasteiger partial charge in [0.25, 0.3) is 0 Å². The Kier molecular flexibility index (Phi) is 4.86. The number of ketones is 1. The normalized spacial score (nSPS) is 10.5. The molecule has 1 aromatic heterocycles. The SMILES string of the molecule is CCc1cccc(OCC(=O)c2cc(Cl)sc2Cl)c1. The zero-order valence-electron chi connectivity index (χ0n) is 10.3. The number of thiophene rings is 1. The highest BCUT2D eigenvalue weighted by Gasteiger charge is 2.14. The molecule has 0 saturated heterocycles. The van der Waals surface area contributed by atoms with E-state index in [0.29, 0.717) is 20.0 Å². The number of carbonyl (C=O) groups is 1. The zero-order valence-corrected chi connectivity index (χ0v) is 12.6. The van der Waals surface area contributed by atoms with Crippen LogP contribution in [0.5, 0.6) is 5.75 Å². The molecular weight excluding hydrogens is 303 g/mol. The van der Waals surface area contributed by atoms with Crippen LogP contribution < -0.4 is 4.74 Å². The first-order chi connectivity index (χ1) is 9.10. The van der Waals surface area contributed by atoms with E-state index in [1.165, 1.54) is 16.9 Å². The van der Waals surface area contributed by atoms with Crippen LogP contribution in [0.4, 0.5) is 0 Å². The summed E-state index contributed by atoms with van der Waals surface area (Å²) in [5, 5.41) is 0. The molecule has 0 aliphatic rings. The predicted octanol–water partition coefficient (Wildman–Crippen LogP) is 4.88. The maximum absolute atomic E-state index is 11.9. The molecule has 0 saturated carbocycles. The second-order valence-corrected chi connectivity index (χ2v) is 6.24. The number of Topliss-reactive ketones (excluding diaryl/α,β-unsaturated/α-hetero) is 1. The van der Waals surface area contributed by atoms with E-state index in [-0.39, 0.29) is 12.4 Å². The number of rotatable bonds is 5. The summed E-state index contributed by atoms with van der Waals surface area (Å²) in [7, 11) is 0. The lowest BCUT2D eigenvalue weighted by molar-refractivity contribution is 0.0922. The highest BCUT2D eigenvalue weighted by atomic mass is 35.5. The van der Waals surface area contributed by atoms with Gasteiger partial charge in [-0.05, 0) is 30.2 Å². The lowest BCUT2D eigenvalue weighted by Gasteiger charge is -2.06. The Balaban J connectivity index is 2.02. The lowest BCUT2D eigenvalue weighted by atomic mass is 10.2. The summed E-state index contributed by atoms with van der Waals surface area (Å²) in [6.45, 7) is 2.03. The summed E-state index contributed by atoms with van der Waals surface area (Å²) in [6.07, 6.45) is 0.928. The Bertz CT molecular complexity index is 593. The van der Waals surface area contributed by atoms with Crippen molar-refractivity contribution in [2.24, 2.45) is 0 Å². The molecule has 0 radical (unpaired) electrons. The Morgan fingerprint density at radius 3 is 2.74 bits per heavy atom. The molecule has 0 bridgehead atoms. The minimum Gasteiger partial charge on any atom is -0.485 e. The standard InChI is InChI=1S/C14H12Cl2O2S/c1-2-9-4-3-5-10(6-9)18-8-12(17)11-7-13(15)19-14(11)16/h3-7H,2,8H2,1H3. The molecule has 1 aromatic carbocycles. The molecule has 0 amide bonds. The Morgan fingerprint density at radius 1 is 1.32 bits per heavy atom. The third kappa shape index (κ3) is 3.72. The van der Waals surface area contributed by atoms with Gasteiger partial charge in [-0.2, -0.15) is 0 Å². The summed E-state index contributed by atoms with van der Waals surface area (Å²) < 4.78 is 6.39. The van der Waals surface area contributed by atoms with Crippen molar-refractivity contribution < 1.29 is 9.53 Å². The second-order valence-electron chi connectivity index (χ2n) is 3.95. The molecular formula is C14H12Cl2O2S. The van der Waals surface area contributed by atoms with Gasteiger partial charge in [0.15, 0.2) is 6.61 Å². The molecule has 1 heterocycles. The van der Waals surface area contributed by atoms with Crippen molar-refractivity contribution in [1.82, 2.24) is 0 Å². The van der Waals surface area contributed by atoms with Gasteiger partial charge in [0.1, 0.15) is 10.1 Å². The summed E-state index contributed by atoms with van der Waals surface area (Å²) in [4.78, 5) is 11.9. The van der Waals surface area contributed by atoms with Crippen LogP contribution in [0.15, 0.2) is 30.3 Å². The van der Waals surface area contributed by atoms with Crippen molar-refractivity contribution in [3.8, 4) is 5.75 Å². The summed E-state index contributed by atoms with van der Waals surface area (Å²) in [5.41, 5.74) is 1.59. The lowest BCUT2D eigenvalue weighted by Crippen LogP contribution is -2.11. The van der Waals surface area contributed by atoms with Gasteiger partial charge in [-0.25, -0.2) is 0 Å². The van der Waals surface area contributed by atoms with Crippen LogP contribution in [-0.4, -0.2) is 12.4 Å². The van der Waals surface area contributed by atoms with Crippen LogP contribution >= 0.6 is 34.5 Å². The Hall–Kier alpha value is -1.03. The molecule has 0 atom stereocenters. The number of hydrogen-bond donors (Lipinski definition) is 0. The monoisotopic (exact) mass is 314 g/mol. The van der Waals surface area contributed by atoms with Gasteiger partial charge in [-0.15, -0.1) is 11.3 Å². The number of hydrogen-bond acceptors (Lipinski definition) is 3. The summed E-state index contributed by atoms with van der Waals surface area (Å²) >= 11 is 12.9. The van der Waals surface area contributed by atoms with Crippen molar-refractivity contribution in [3.05, 3.63) is 50.1 Å². The zero-order chi connectivity index (χ0) is 13.8. The molecule has 0 unspecified atom stereocenters. The number of aryl methyl sites for hydroxylation is 1. The van der Waals surface area contributed by atoms with Crippen LogP contribution in [0, 0.1) is 0 Å². The van der Waals surface area contributed by atoms with Crippen LogP contribution in [0.1, 0.15) is 22.8 Å². The fourth-order valence-electron chi connectivity index (χ4n) is 1.61. The van der Waals surface area contributed by atoms with E-state index < -0.39 is 0 Å². The Labute approximate surface area is 125 Å². The first-order valence-electron chi connectivity index (χ1n) is 5.80. The molecule has 2 nitrogen and oxygen atoms in total. The smallest absolute Gasteiger partial charge is 0.202 e. The van der Waals surface area contributed by atoms with E-state index in [9.17, 15) is 4.79 Å². The number of halogens is 2. The van der Waals surface area contributed by atoms with Gasteiger partial charge in [0.05, 0.1) is 9.90 Å². The van der Waals surface area contributed by atoms with Crippen LogP contribution in [-0.2, 0) is 6.42 Å². The minimum atomic E-state index is -0.171. The van der Waals surface area contributed by atoms with Crippen molar-refractivity contribution >= 4 is 40.3 Å². The molecule has 0 N–H and O–H groups in total. The molecule has 5 heteroatoms. The van der Waals surface area contributed by atoms with Crippen molar-refractivity contribution in [3.63, 3.8) is 0 Å².